The van der Waals surface area contributed by atoms with Crippen LogP contribution in [0, 0.1) is 5.82 Å². The van der Waals surface area contributed by atoms with Crippen molar-refractivity contribution in [3.05, 3.63) is 34.7 Å². The SMILES string of the molecule is COc1cc(-c2cc(C(F)(F)Cl)n[nH]2)c(F)cc1Cl. The zero-order chi connectivity index (χ0) is 14.2. The summed E-state index contributed by atoms with van der Waals surface area (Å²) in [4.78, 5) is 0. The Balaban J connectivity index is 2.50. The molecule has 8 heteroatoms. The Morgan fingerprint density at radius 1 is 1.32 bits per heavy atom. The van der Waals surface area contributed by atoms with E-state index in [1.54, 1.807) is 0 Å². The molecule has 0 aliphatic carbocycles. The van der Waals surface area contributed by atoms with Gasteiger partial charge in [0.1, 0.15) is 17.3 Å². The number of aromatic nitrogens is 2. The largest absolute Gasteiger partial charge is 0.495 e. The van der Waals surface area contributed by atoms with Crippen LogP contribution in [0.5, 0.6) is 5.75 Å². The van der Waals surface area contributed by atoms with Crippen LogP contribution in [0.25, 0.3) is 11.3 Å². The van der Waals surface area contributed by atoms with E-state index in [0.717, 1.165) is 12.1 Å². The molecule has 0 saturated heterocycles. The minimum Gasteiger partial charge on any atom is -0.495 e. The van der Waals surface area contributed by atoms with Crippen molar-refractivity contribution < 1.29 is 17.9 Å². The van der Waals surface area contributed by atoms with Gasteiger partial charge in [0.2, 0.25) is 0 Å². The van der Waals surface area contributed by atoms with Crippen LogP contribution in [0.3, 0.4) is 0 Å². The first-order valence-corrected chi connectivity index (χ1v) is 5.74. The fourth-order valence-electron chi connectivity index (χ4n) is 1.50. The third kappa shape index (κ3) is 2.79. The molecule has 1 aromatic carbocycles. The molecule has 2 rings (SSSR count). The summed E-state index contributed by atoms with van der Waals surface area (Å²) in [5, 5.41) is 2.07. The third-order valence-electron chi connectivity index (χ3n) is 2.40. The molecule has 0 fully saturated rings. The van der Waals surface area contributed by atoms with Gasteiger partial charge in [-0.15, -0.1) is 0 Å². The van der Waals surface area contributed by atoms with Crippen LogP contribution in [0.15, 0.2) is 18.2 Å². The molecule has 1 heterocycles. The zero-order valence-corrected chi connectivity index (χ0v) is 11.0. The van der Waals surface area contributed by atoms with Crippen molar-refractivity contribution in [2.45, 2.75) is 5.38 Å². The van der Waals surface area contributed by atoms with Crippen molar-refractivity contribution in [1.82, 2.24) is 10.2 Å². The average Bonchev–Trinajstić information content (AvgIpc) is 2.78. The maximum Gasteiger partial charge on any atom is 0.366 e. The Labute approximate surface area is 116 Å². The number of hydrogen-bond acceptors (Lipinski definition) is 2. The first kappa shape index (κ1) is 14.0. The lowest BCUT2D eigenvalue weighted by Gasteiger charge is -2.06. The second-order valence-electron chi connectivity index (χ2n) is 3.63. The highest BCUT2D eigenvalue weighted by molar-refractivity contribution is 6.32. The molecular weight excluding hydrogens is 304 g/mol. The van der Waals surface area contributed by atoms with Gasteiger partial charge in [-0.25, -0.2) is 4.39 Å². The molecule has 0 aliphatic rings. The maximum atomic E-state index is 13.8. The average molecular weight is 311 g/mol. The van der Waals surface area contributed by atoms with E-state index in [1.807, 2.05) is 0 Å². The predicted molar refractivity (Wildman–Crippen MR) is 65.3 cm³/mol. The number of aromatic amines is 1. The molecule has 1 aromatic heterocycles. The number of H-pyrrole nitrogens is 1. The number of methoxy groups -OCH3 is 1. The second-order valence-corrected chi connectivity index (χ2v) is 4.51. The first-order chi connectivity index (χ1) is 8.82. The molecule has 0 bridgehead atoms. The lowest BCUT2D eigenvalue weighted by molar-refractivity contribution is 0.0899. The fraction of sp³-hybridized carbons (Fsp3) is 0.182. The number of ether oxygens (including phenoxy) is 1. The number of benzene rings is 1. The monoisotopic (exact) mass is 310 g/mol. The lowest BCUT2D eigenvalue weighted by atomic mass is 10.1. The summed E-state index contributed by atoms with van der Waals surface area (Å²) in [5.74, 6) is -0.481. The minimum atomic E-state index is -3.62. The molecular formula is C11H7Cl2F3N2O. The summed E-state index contributed by atoms with van der Waals surface area (Å²) in [7, 11) is 1.36. The van der Waals surface area contributed by atoms with Crippen molar-refractivity contribution in [2.75, 3.05) is 7.11 Å². The van der Waals surface area contributed by atoms with E-state index < -0.39 is 16.9 Å². The number of hydrogen-bond donors (Lipinski definition) is 1. The van der Waals surface area contributed by atoms with Gasteiger partial charge in [0.15, 0.2) is 0 Å². The fourth-order valence-corrected chi connectivity index (χ4v) is 1.82. The Kier molecular flexibility index (Phi) is 3.64. The highest BCUT2D eigenvalue weighted by Gasteiger charge is 2.31. The molecule has 0 aliphatic heterocycles. The second kappa shape index (κ2) is 4.94. The van der Waals surface area contributed by atoms with Crippen molar-refractivity contribution in [3.8, 4) is 17.0 Å². The molecule has 0 amide bonds. The van der Waals surface area contributed by atoms with Gasteiger partial charge in [-0.1, -0.05) is 11.6 Å². The van der Waals surface area contributed by atoms with Crippen LogP contribution in [0.1, 0.15) is 5.69 Å². The third-order valence-corrected chi connectivity index (χ3v) is 2.89. The number of alkyl halides is 3. The van der Waals surface area contributed by atoms with E-state index in [9.17, 15) is 13.2 Å². The number of rotatable bonds is 3. The molecule has 0 radical (unpaired) electrons. The number of nitrogens with one attached hydrogen (secondary N) is 1. The normalized spacial score (nSPS) is 11.7. The molecule has 102 valence electrons. The highest BCUT2D eigenvalue weighted by Crippen LogP contribution is 2.36. The molecule has 0 atom stereocenters. The van der Waals surface area contributed by atoms with E-state index >= 15 is 0 Å². The van der Waals surface area contributed by atoms with Gasteiger partial charge in [0.25, 0.3) is 0 Å². The molecule has 19 heavy (non-hydrogen) atoms. The topological polar surface area (TPSA) is 37.9 Å². The standard InChI is InChI=1S/C11H7Cl2F3N2O/c1-19-9-2-5(7(14)3-6(9)12)8-4-10(18-17-8)11(13,15)16/h2-4H,1H3,(H,17,18). The summed E-state index contributed by atoms with van der Waals surface area (Å²) in [5.41, 5.74) is -0.652. The molecule has 0 spiro atoms. The Bertz CT molecular complexity index is 610. The van der Waals surface area contributed by atoms with E-state index in [1.165, 1.54) is 13.2 Å². The smallest absolute Gasteiger partial charge is 0.366 e. The van der Waals surface area contributed by atoms with Crippen LogP contribution in [-0.4, -0.2) is 17.3 Å². The van der Waals surface area contributed by atoms with Crippen molar-refractivity contribution >= 4 is 23.2 Å². The first-order valence-electron chi connectivity index (χ1n) is 4.99. The van der Waals surface area contributed by atoms with Gasteiger partial charge < -0.3 is 4.74 Å². The van der Waals surface area contributed by atoms with Crippen molar-refractivity contribution in [1.29, 1.82) is 0 Å². The van der Waals surface area contributed by atoms with Gasteiger partial charge in [-0.3, -0.25) is 5.10 Å². The van der Waals surface area contributed by atoms with E-state index in [-0.39, 0.29) is 22.0 Å². The minimum absolute atomic E-state index is 0.000849. The summed E-state index contributed by atoms with van der Waals surface area (Å²) < 4.78 is 44.4. The highest BCUT2D eigenvalue weighted by atomic mass is 35.5. The van der Waals surface area contributed by atoms with Gasteiger partial charge in [-0.05, 0) is 29.8 Å². The molecule has 1 N–H and O–H groups in total. The van der Waals surface area contributed by atoms with E-state index in [0.29, 0.717) is 0 Å². The van der Waals surface area contributed by atoms with Gasteiger partial charge in [-0.2, -0.15) is 13.9 Å². The van der Waals surface area contributed by atoms with Crippen LogP contribution >= 0.6 is 23.2 Å². The summed E-state index contributed by atoms with van der Waals surface area (Å²) in [6, 6.07) is 3.26. The summed E-state index contributed by atoms with van der Waals surface area (Å²) in [6.45, 7) is 0. The van der Waals surface area contributed by atoms with Gasteiger partial charge >= 0.3 is 5.38 Å². The van der Waals surface area contributed by atoms with E-state index in [2.05, 4.69) is 10.2 Å². The lowest BCUT2D eigenvalue weighted by Crippen LogP contribution is -2.03. The molecule has 0 unspecified atom stereocenters. The van der Waals surface area contributed by atoms with Gasteiger partial charge in [0.05, 0.1) is 17.8 Å². The van der Waals surface area contributed by atoms with Crippen LogP contribution in [-0.2, 0) is 5.38 Å². The van der Waals surface area contributed by atoms with Crippen LogP contribution < -0.4 is 4.74 Å². The number of nitrogens with zero attached hydrogens (tertiary/aromatic N) is 1. The predicted octanol–water partition coefficient (Wildman–Crippen LogP) is 4.17. The van der Waals surface area contributed by atoms with Gasteiger partial charge in [0, 0.05) is 5.56 Å². The van der Waals surface area contributed by atoms with Crippen LogP contribution in [0.2, 0.25) is 5.02 Å². The Morgan fingerprint density at radius 3 is 2.53 bits per heavy atom. The van der Waals surface area contributed by atoms with Crippen LogP contribution in [0.4, 0.5) is 13.2 Å². The Morgan fingerprint density at radius 2 is 2.00 bits per heavy atom. The van der Waals surface area contributed by atoms with Crippen molar-refractivity contribution in [3.63, 3.8) is 0 Å². The Hall–Kier alpha value is -1.40. The molecule has 0 saturated carbocycles. The van der Waals surface area contributed by atoms with E-state index in [4.69, 9.17) is 27.9 Å². The molecule has 2 aromatic rings. The summed E-state index contributed by atoms with van der Waals surface area (Å²) >= 11 is 10.6. The number of halogens is 5. The molecule has 3 nitrogen and oxygen atoms in total. The van der Waals surface area contributed by atoms with Crippen molar-refractivity contribution in [2.24, 2.45) is 0 Å². The zero-order valence-electron chi connectivity index (χ0n) is 9.48. The quantitative estimate of drug-likeness (QED) is 0.864. The maximum absolute atomic E-state index is 13.8. The summed E-state index contributed by atoms with van der Waals surface area (Å²) in [6.07, 6.45) is 0.